The second-order valence-electron chi connectivity index (χ2n) is 5.09. The van der Waals surface area contributed by atoms with Crippen molar-refractivity contribution in [3.8, 4) is 5.75 Å². The predicted octanol–water partition coefficient (Wildman–Crippen LogP) is 4.11. The Morgan fingerprint density at radius 3 is 2.50 bits per heavy atom. The van der Waals surface area contributed by atoms with Crippen LogP contribution >= 0.6 is 23.4 Å². The van der Waals surface area contributed by atoms with E-state index in [1.165, 1.54) is 11.8 Å². The fourth-order valence-electron chi connectivity index (χ4n) is 2.12. The third-order valence-electron chi connectivity index (χ3n) is 3.38. The lowest BCUT2D eigenvalue weighted by Gasteiger charge is -2.07. The molecule has 0 radical (unpaired) electrons. The molecule has 1 aliphatic heterocycles. The first-order valence-corrected chi connectivity index (χ1v) is 8.87. The molecule has 0 aromatic heterocycles. The van der Waals surface area contributed by atoms with Crippen LogP contribution in [-0.4, -0.2) is 17.3 Å². The summed E-state index contributed by atoms with van der Waals surface area (Å²) in [6.45, 7) is 0.475. The van der Waals surface area contributed by atoms with E-state index in [1.54, 1.807) is 6.08 Å². The maximum Gasteiger partial charge on any atom is 0.295 e. The fraction of sp³-hybridized carbons (Fsp3) is 0.111. The quantitative estimate of drug-likeness (QED) is 0.836. The normalized spacial score (nSPS) is 15.3. The number of halogens is 1. The summed E-state index contributed by atoms with van der Waals surface area (Å²) in [5.74, 6) is 0.515. The number of benzene rings is 2. The van der Waals surface area contributed by atoms with Gasteiger partial charge in [0.15, 0.2) is 5.17 Å². The van der Waals surface area contributed by atoms with Gasteiger partial charge in [0.2, 0.25) is 0 Å². The third kappa shape index (κ3) is 4.19. The van der Waals surface area contributed by atoms with Gasteiger partial charge in [0.1, 0.15) is 18.1 Å². The average Bonchev–Trinajstić information content (AvgIpc) is 2.96. The molecule has 2 aromatic rings. The van der Waals surface area contributed by atoms with E-state index in [-0.39, 0.29) is 5.91 Å². The molecule has 6 heteroatoms. The van der Waals surface area contributed by atoms with E-state index in [4.69, 9.17) is 16.3 Å². The summed E-state index contributed by atoms with van der Waals surface area (Å²) in [5.41, 5.74) is 2.43. The first-order chi connectivity index (χ1) is 11.6. The number of amides is 1. The SMILES string of the molecule is CSC1=NC(=O)/C(=C/c2ccc(OCc3ccc(Cl)cc3)cc2)N1. The number of carbonyl (C=O) groups is 1. The van der Waals surface area contributed by atoms with Crippen LogP contribution in [0.5, 0.6) is 5.75 Å². The molecule has 0 fully saturated rings. The molecule has 0 saturated carbocycles. The molecular formula is C18H15ClN2O2S. The summed E-state index contributed by atoms with van der Waals surface area (Å²) >= 11 is 7.27. The number of hydrogen-bond acceptors (Lipinski definition) is 4. The molecule has 1 N–H and O–H groups in total. The van der Waals surface area contributed by atoms with Crippen molar-refractivity contribution in [3.05, 3.63) is 70.4 Å². The highest BCUT2D eigenvalue weighted by atomic mass is 35.5. The standard InChI is InChI=1S/C18H15ClN2O2S/c1-24-18-20-16(17(22)21-18)10-12-4-8-15(9-5-12)23-11-13-2-6-14(19)7-3-13/h2-10H,11H2,1H3,(H,20,21,22)/b16-10-. The summed E-state index contributed by atoms with van der Waals surface area (Å²) in [6, 6.07) is 15.1. The van der Waals surface area contributed by atoms with Crippen LogP contribution in [0.1, 0.15) is 11.1 Å². The van der Waals surface area contributed by atoms with Gasteiger partial charge in [-0.25, -0.2) is 0 Å². The van der Waals surface area contributed by atoms with Crippen molar-refractivity contribution in [2.45, 2.75) is 6.61 Å². The lowest BCUT2D eigenvalue weighted by molar-refractivity contribution is -0.114. The van der Waals surface area contributed by atoms with E-state index in [0.717, 1.165) is 16.9 Å². The molecule has 122 valence electrons. The van der Waals surface area contributed by atoms with Crippen molar-refractivity contribution in [2.75, 3.05) is 6.26 Å². The topological polar surface area (TPSA) is 50.7 Å². The average molecular weight is 359 g/mol. The van der Waals surface area contributed by atoms with E-state index in [0.29, 0.717) is 22.5 Å². The number of ether oxygens (including phenoxy) is 1. The second-order valence-corrected chi connectivity index (χ2v) is 6.32. The molecule has 1 heterocycles. The molecule has 24 heavy (non-hydrogen) atoms. The van der Waals surface area contributed by atoms with Gasteiger partial charge in [-0.1, -0.05) is 47.6 Å². The molecule has 1 amide bonds. The molecule has 0 atom stereocenters. The van der Waals surface area contributed by atoms with Crippen LogP contribution in [0, 0.1) is 0 Å². The zero-order chi connectivity index (χ0) is 16.9. The molecule has 0 saturated heterocycles. The summed E-state index contributed by atoms with van der Waals surface area (Å²) in [5, 5.41) is 4.31. The number of carbonyl (C=O) groups excluding carboxylic acids is 1. The molecule has 3 rings (SSSR count). The Morgan fingerprint density at radius 1 is 1.17 bits per heavy atom. The van der Waals surface area contributed by atoms with E-state index >= 15 is 0 Å². The first kappa shape index (κ1) is 16.6. The minimum Gasteiger partial charge on any atom is -0.489 e. The molecule has 2 aromatic carbocycles. The van der Waals surface area contributed by atoms with E-state index in [2.05, 4.69) is 10.3 Å². The number of aliphatic imine (C=N–C) groups is 1. The van der Waals surface area contributed by atoms with Gasteiger partial charge in [-0.3, -0.25) is 4.79 Å². The maximum absolute atomic E-state index is 11.7. The largest absolute Gasteiger partial charge is 0.489 e. The smallest absolute Gasteiger partial charge is 0.295 e. The zero-order valence-corrected chi connectivity index (χ0v) is 14.5. The van der Waals surface area contributed by atoms with Gasteiger partial charge in [0.05, 0.1) is 0 Å². The van der Waals surface area contributed by atoms with Crippen molar-refractivity contribution in [3.63, 3.8) is 0 Å². The molecule has 1 aliphatic rings. The Labute approximate surface area is 149 Å². The fourth-order valence-corrected chi connectivity index (χ4v) is 2.63. The van der Waals surface area contributed by atoms with E-state index in [9.17, 15) is 4.79 Å². The number of nitrogens with zero attached hydrogens (tertiary/aromatic N) is 1. The summed E-state index contributed by atoms with van der Waals surface area (Å²) in [4.78, 5) is 15.6. The minimum atomic E-state index is -0.248. The summed E-state index contributed by atoms with van der Waals surface area (Å²) in [7, 11) is 0. The Hall–Kier alpha value is -2.24. The van der Waals surface area contributed by atoms with E-state index in [1.807, 2.05) is 54.8 Å². The van der Waals surface area contributed by atoms with Gasteiger partial charge in [-0.15, -0.1) is 0 Å². The van der Waals surface area contributed by atoms with Gasteiger partial charge in [-0.05, 0) is 47.7 Å². The van der Waals surface area contributed by atoms with Crippen LogP contribution in [0.3, 0.4) is 0 Å². The lowest BCUT2D eigenvalue weighted by Crippen LogP contribution is -2.14. The van der Waals surface area contributed by atoms with Crippen LogP contribution in [-0.2, 0) is 11.4 Å². The highest BCUT2D eigenvalue weighted by Gasteiger charge is 2.18. The number of rotatable bonds is 4. The monoisotopic (exact) mass is 358 g/mol. The van der Waals surface area contributed by atoms with Crippen LogP contribution < -0.4 is 10.1 Å². The Balaban J connectivity index is 1.61. The maximum atomic E-state index is 11.7. The van der Waals surface area contributed by atoms with Gasteiger partial charge in [-0.2, -0.15) is 4.99 Å². The van der Waals surface area contributed by atoms with Gasteiger partial charge >= 0.3 is 0 Å². The van der Waals surface area contributed by atoms with Gasteiger partial charge in [0.25, 0.3) is 5.91 Å². The van der Waals surface area contributed by atoms with Crippen LogP contribution in [0.15, 0.2) is 59.2 Å². The van der Waals surface area contributed by atoms with Crippen molar-refractivity contribution in [1.29, 1.82) is 0 Å². The number of hydrogen-bond donors (Lipinski definition) is 1. The molecular weight excluding hydrogens is 344 g/mol. The molecule has 0 aliphatic carbocycles. The van der Waals surface area contributed by atoms with E-state index < -0.39 is 0 Å². The van der Waals surface area contributed by atoms with Crippen molar-refractivity contribution < 1.29 is 9.53 Å². The van der Waals surface area contributed by atoms with Crippen molar-refractivity contribution >= 4 is 40.5 Å². The van der Waals surface area contributed by atoms with Crippen molar-refractivity contribution in [1.82, 2.24) is 5.32 Å². The summed E-state index contributed by atoms with van der Waals surface area (Å²) in [6.07, 6.45) is 3.65. The Kier molecular flexibility index (Phi) is 5.23. The predicted molar refractivity (Wildman–Crippen MR) is 99.3 cm³/mol. The van der Waals surface area contributed by atoms with Crippen LogP contribution in [0.2, 0.25) is 5.02 Å². The third-order valence-corrected chi connectivity index (χ3v) is 4.21. The van der Waals surface area contributed by atoms with Gasteiger partial charge in [0, 0.05) is 5.02 Å². The summed E-state index contributed by atoms with van der Waals surface area (Å²) < 4.78 is 5.74. The number of thioether (sulfide) groups is 1. The Morgan fingerprint density at radius 2 is 1.88 bits per heavy atom. The number of nitrogens with one attached hydrogen (secondary N) is 1. The highest BCUT2D eigenvalue weighted by Crippen LogP contribution is 2.18. The minimum absolute atomic E-state index is 0.248. The molecule has 0 spiro atoms. The molecule has 0 unspecified atom stereocenters. The first-order valence-electron chi connectivity index (χ1n) is 7.27. The second kappa shape index (κ2) is 7.55. The van der Waals surface area contributed by atoms with Crippen LogP contribution in [0.4, 0.5) is 0 Å². The lowest BCUT2D eigenvalue weighted by atomic mass is 10.2. The number of amidine groups is 1. The van der Waals surface area contributed by atoms with Gasteiger partial charge < -0.3 is 10.1 Å². The zero-order valence-electron chi connectivity index (χ0n) is 13.0. The highest BCUT2D eigenvalue weighted by molar-refractivity contribution is 8.13. The molecule has 0 bridgehead atoms. The van der Waals surface area contributed by atoms with Crippen LogP contribution in [0.25, 0.3) is 6.08 Å². The van der Waals surface area contributed by atoms with Crippen molar-refractivity contribution in [2.24, 2.45) is 4.99 Å². The Bertz CT molecular complexity index is 799. The molecule has 4 nitrogen and oxygen atoms in total.